The summed E-state index contributed by atoms with van der Waals surface area (Å²) in [6.45, 7) is 1.91. The van der Waals surface area contributed by atoms with Crippen LogP contribution in [0.3, 0.4) is 0 Å². The second kappa shape index (κ2) is 8.64. The Morgan fingerprint density at radius 1 is 0.906 bits per heavy atom. The van der Waals surface area contributed by atoms with Crippen LogP contribution in [0.4, 0.5) is 5.82 Å². The van der Waals surface area contributed by atoms with Crippen LogP contribution < -0.4 is 4.31 Å². The number of benzene rings is 2. The molecule has 6 nitrogen and oxygen atoms in total. The van der Waals surface area contributed by atoms with Gasteiger partial charge in [0.15, 0.2) is 0 Å². The van der Waals surface area contributed by atoms with E-state index in [2.05, 4.69) is 20.2 Å². The predicted octanol–water partition coefficient (Wildman–Crippen LogP) is 5.68. The molecule has 0 unspecified atom stereocenters. The number of carbonyl (C=O) groups is 1. The molecule has 0 aliphatic rings. The number of hydrogen-bond acceptors (Lipinski definition) is 5. The van der Waals surface area contributed by atoms with Crippen LogP contribution in [0.1, 0.15) is 16.2 Å². The van der Waals surface area contributed by atoms with Gasteiger partial charge in [0.2, 0.25) is 0 Å². The summed E-state index contributed by atoms with van der Waals surface area (Å²) >= 11 is 1.33. The van der Waals surface area contributed by atoms with Crippen LogP contribution in [-0.2, 0) is 0 Å². The maximum Gasteiger partial charge on any atom is 0.288 e. The Bertz CT molecular complexity index is 1390. The minimum absolute atomic E-state index is 0.231. The van der Waals surface area contributed by atoms with Crippen molar-refractivity contribution < 1.29 is 4.79 Å². The monoisotopic (exact) mass is 437 g/mol. The van der Waals surface area contributed by atoms with Gasteiger partial charge in [0.1, 0.15) is 11.5 Å². The number of pyridine rings is 2. The molecule has 0 aliphatic carbocycles. The van der Waals surface area contributed by atoms with Crippen molar-refractivity contribution in [2.75, 3.05) is 4.31 Å². The maximum atomic E-state index is 13.8. The number of nitrogens with zero attached hydrogens (tertiary/aromatic N) is 4. The number of aryl methyl sites for hydroxylation is 1. The minimum atomic E-state index is -0.231. The fraction of sp³-hybridized carbons (Fsp3) is 0.0400. The summed E-state index contributed by atoms with van der Waals surface area (Å²) in [4.78, 5) is 23.8. The van der Waals surface area contributed by atoms with Crippen molar-refractivity contribution in [1.29, 1.82) is 0 Å². The number of nitrogens with one attached hydrogen (secondary N) is 1. The molecule has 0 atom stereocenters. The van der Waals surface area contributed by atoms with Gasteiger partial charge in [-0.2, -0.15) is 5.10 Å². The smallest absolute Gasteiger partial charge is 0.272 e. The van der Waals surface area contributed by atoms with E-state index >= 15 is 0 Å². The normalized spacial score (nSPS) is 10.9. The molecule has 2 aromatic carbocycles. The molecule has 7 heteroatoms. The lowest BCUT2D eigenvalue weighted by Gasteiger charge is -2.20. The summed E-state index contributed by atoms with van der Waals surface area (Å²) < 4.78 is 1.60. The third kappa shape index (κ3) is 3.86. The number of anilines is 1. The van der Waals surface area contributed by atoms with Gasteiger partial charge in [0, 0.05) is 27.7 Å². The van der Waals surface area contributed by atoms with Crippen LogP contribution in [0.2, 0.25) is 0 Å². The van der Waals surface area contributed by atoms with E-state index in [-0.39, 0.29) is 5.91 Å². The standard InChI is InChI=1S/C25H19N5OS/c1-17-8-7-13-23(28-17)30(32-18-9-3-2-4-10-18)25(31)24-21(16-27-29-24)19-14-15-26-22-12-6-5-11-20(19)22/h2-16H,1H3,(H,27,29). The number of aromatic nitrogens is 4. The number of H-pyrrole nitrogens is 1. The lowest BCUT2D eigenvalue weighted by molar-refractivity contribution is 0.100. The first-order valence-corrected chi connectivity index (χ1v) is 10.9. The predicted molar refractivity (Wildman–Crippen MR) is 127 cm³/mol. The molecule has 5 rings (SSSR count). The topological polar surface area (TPSA) is 74.8 Å². The number of rotatable bonds is 5. The second-order valence-electron chi connectivity index (χ2n) is 7.18. The molecule has 0 aliphatic heterocycles. The van der Waals surface area contributed by atoms with E-state index in [9.17, 15) is 4.79 Å². The highest BCUT2D eigenvalue weighted by molar-refractivity contribution is 8.01. The van der Waals surface area contributed by atoms with Gasteiger partial charge in [-0.05, 0) is 60.8 Å². The summed E-state index contributed by atoms with van der Waals surface area (Å²) in [5.41, 5.74) is 3.71. The first-order valence-electron chi connectivity index (χ1n) is 10.1. The summed E-state index contributed by atoms with van der Waals surface area (Å²) in [7, 11) is 0. The Morgan fingerprint density at radius 3 is 2.56 bits per heavy atom. The van der Waals surface area contributed by atoms with E-state index < -0.39 is 0 Å². The molecule has 1 amide bonds. The van der Waals surface area contributed by atoms with Crippen molar-refractivity contribution in [1.82, 2.24) is 20.2 Å². The summed E-state index contributed by atoms with van der Waals surface area (Å²) in [5, 5.41) is 8.08. The van der Waals surface area contributed by atoms with E-state index in [0.717, 1.165) is 32.6 Å². The van der Waals surface area contributed by atoms with Gasteiger partial charge in [-0.25, -0.2) is 9.29 Å². The molecule has 3 aromatic heterocycles. The lowest BCUT2D eigenvalue weighted by atomic mass is 10.0. The highest BCUT2D eigenvalue weighted by Crippen LogP contribution is 2.34. The Morgan fingerprint density at radius 2 is 1.72 bits per heavy atom. The van der Waals surface area contributed by atoms with Crippen molar-refractivity contribution in [2.24, 2.45) is 0 Å². The van der Waals surface area contributed by atoms with E-state index in [1.807, 2.05) is 85.8 Å². The fourth-order valence-corrected chi connectivity index (χ4v) is 4.37. The third-order valence-electron chi connectivity index (χ3n) is 5.00. The summed E-state index contributed by atoms with van der Waals surface area (Å²) in [6.07, 6.45) is 3.43. The number of para-hydroxylation sites is 1. The van der Waals surface area contributed by atoms with Crippen LogP contribution in [0.5, 0.6) is 0 Å². The Hall–Kier alpha value is -3.97. The van der Waals surface area contributed by atoms with E-state index in [1.54, 1.807) is 16.7 Å². The first kappa shape index (κ1) is 20.0. The number of fused-ring (bicyclic) bond motifs is 1. The van der Waals surface area contributed by atoms with Crippen LogP contribution in [0, 0.1) is 6.92 Å². The van der Waals surface area contributed by atoms with Gasteiger partial charge in [-0.3, -0.25) is 14.9 Å². The van der Waals surface area contributed by atoms with Crippen molar-refractivity contribution >= 4 is 34.6 Å². The number of carbonyl (C=O) groups excluding carboxylic acids is 1. The molecule has 156 valence electrons. The van der Waals surface area contributed by atoms with Crippen LogP contribution >= 0.6 is 11.9 Å². The van der Waals surface area contributed by atoms with Gasteiger partial charge in [-0.15, -0.1) is 0 Å². The minimum Gasteiger partial charge on any atom is -0.272 e. The molecule has 0 saturated carbocycles. The van der Waals surface area contributed by atoms with E-state index in [4.69, 9.17) is 0 Å². The fourth-order valence-electron chi connectivity index (χ4n) is 3.51. The SMILES string of the molecule is Cc1cccc(N(Sc2ccccc2)C(=O)c2[nH]ncc2-c2ccnc3ccccc23)n1. The van der Waals surface area contributed by atoms with Gasteiger partial charge in [0.25, 0.3) is 5.91 Å². The van der Waals surface area contributed by atoms with E-state index in [0.29, 0.717) is 11.5 Å². The molecule has 32 heavy (non-hydrogen) atoms. The lowest BCUT2D eigenvalue weighted by Crippen LogP contribution is -2.26. The molecule has 0 bridgehead atoms. The van der Waals surface area contributed by atoms with Crippen LogP contribution in [0.15, 0.2) is 96.2 Å². The van der Waals surface area contributed by atoms with Gasteiger partial charge < -0.3 is 0 Å². The molecule has 0 fully saturated rings. The van der Waals surface area contributed by atoms with Gasteiger partial charge in [0.05, 0.1) is 11.7 Å². The van der Waals surface area contributed by atoms with Crippen molar-refractivity contribution in [3.8, 4) is 11.1 Å². The molecule has 0 saturated heterocycles. The summed E-state index contributed by atoms with van der Waals surface area (Å²) in [6, 6.07) is 25.2. The quantitative estimate of drug-likeness (QED) is 0.358. The zero-order valence-electron chi connectivity index (χ0n) is 17.3. The first-order chi connectivity index (χ1) is 15.7. The van der Waals surface area contributed by atoms with Crippen molar-refractivity contribution in [2.45, 2.75) is 11.8 Å². The molecule has 0 radical (unpaired) electrons. The van der Waals surface area contributed by atoms with E-state index in [1.165, 1.54) is 11.9 Å². The molecule has 5 aromatic rings. The molecule has 1 N–H and O–H groups in total. The molecule has 3 heterocycles. The van der Waals surface area contributed by atoms with Crippen molar-refractivity contribution in [3.05, 3.63) is 103 Å². The number of hydrogen-bond donors (Lipinski definition) is 1. The average Bonchev–Trinajstić information content (AvgIpc) is 3.32. The third-order valence-corrected chi connectivity index (χ3v) is 6.02. The number of aromatic amines is 1. The highest BCUT2D eigenvalue weighted by atomic mass is 32.2. The van der Waals surface area contributed by atoms with Gasteiger partial charge >= 0.3 is 0 Å². The average molecular weight is 438 g/mol. The summed E-state index contributed by atoms with van der Waals surface area (Å²) in [5.74, 6) is 0.328. The number of amides is 1. The van der Waals surface area contributed by atoms with Gasteiger partial charge in [-0.1, -0.05) is 42.5 Å². The van der Waals surface area contributed by atoms with Crippen LogP contribution in [0.25, 0.3) is 22.0 Å². The molecular weight excluding hydrogens is 418 g/mol. The zero-order valence-corrected chi connectivity index (χ0v) is 18.1. The Kier molecular flexibility index (Phi) is 5.39. The molecule has 0 spiro atoms. The highest BCUT2D eigenvalue weighted by Gasteiger charge is 2.26. The van der Waals surface area contributed by atoms with Crippen molar-refractivity contribution in [3.63, 3.8) is 0 Å². The Labute approximate surface area is 189 Å². The molecular formula is C25H19N5OS. The zero-order chi connectivity index (χ0) is 21.9. The maximum absolute atomic E-state index is 13.8. The largest absolute Gasteiger partial charge is 0.288 e. The van der Waals surface area contributed by atoms with Crippen LogP contribution in [-0.4, -0.2) is 26.1 Å². The Balaban J connectivity index is 1.60. The second-order valence-corrected chi connectivity index (χ2v) is 8.19.